The molecule has 0 saturated carbocycles. The summed E-state index contributed by atoms with van der Waals surface area (Å²) in [4.78, 5) is 0. The summed E-state index contributed by atoms with van der Waals surface area (Å²) in [6.07, 6.45) is -0.389. The van der Waals surface area contributed by atoms with Gasteiger partial charge in [0.2, 0.25) is 9.05 Å². The lowest BCUT2D eigenvalue weighted by Gasteiger charge is -2.10. The van der Waals surface area contributed by atoms with Crippen molar-refractivity contribution >= 4 is 51.8 Å². The summed E-state index contributed by atoms with van der Waals surface area (Å²) in [7, 11) is -2.15. The number of unbranched alkanes of at least 4 members (excludes halogenated alkanes) is 2. The van der Waals surface area contributed by atoms with Gasteiger partial charge in [0.15, 0.2) is 22.6 Å². The Labute approximate surface area is 297 Å². The van der Waals surface area contributed by atoms with Crippen molar-refractivity contribution in [3.05, 3.63) is 57.9 Å². The Hall–Kier alpha value is -2.93. The standard InChI is InChI=1S/C16H20F3NO4S.C15H18F3NO2.CH3ClO2S/c1-3-6-12-11(7-4-5-10-23-25(2,21)22)8-9-13-14(12)24-20-15(13)16(17,18)19;1-2-5-11-10(6-3-4-9-20)7-8-12-13(11)21-19-14(12)15(16,17)18;1-5(2,3)4/h8-9H,3-7,10H2,1-2H3;7-8,20H,2-6,9H2,1H3;1H3. The maximum atomic E-state index is 13.0. The van der Waals surface area contributed by atoms with Crippen LogP contribution >= 0.6 is 10.7 Å². The molecule has 0 unspecified atom stereocenters. The summed E-state index contributed by atoms with van der Waals surface area (Å²) in [6.45, 7) is 4.11. The molecule has 0 aliphatic heterocycles. The van der Waals surface area contributed by atoms with E-state index in [1.54, 1.807) is 12.1 Å². The van der Waals surface area contributed by atoms with Crippen LogP contribution in [-0.4, -0.2) is 58.0 Å². The second kappa shape index (κ2) is 19.2. The molecule has 0 atom stereocenters. The molecule has 0 fully saturated rings. The minimum atomic E-state index is -4.56. The quantitative estimate of drug-likeness (QED) is 0.0571. The van der Waals surface area contributed by atoms with Crippen molar-refractivity contribution in [2.75, 3.05) is 25.7 Å². The van der Waals surface area contributed by atoms with Crippen molar-refractivity contribution < 1.29 is 61.5 Å². The normalized spacial score (nSPS) is 12.5. The van der Waals surface area contributed by atoms with Crippen LogP contribution in [-0.2, 0) is 61.4 Å². The van der Waals surface area contributed by atoms with Gasteiger partial charge in [0.1, 0.15) is 0 Å². The number of benzene rings is 2. The summed E-state index contributed by atoms with van der Waals surface area (Å²) in [6, 6.07) is 6.20. The molecule has 0 bridgehead atoms. The number of alkyl halides is 6. The molecule has 288 valence electrons. The fraction of sp³-hybridized carbons (Fsp3) is 0.562. The van der Waals surface area contributed by atoms with Crippen LogP contribution in [0.1, 0.15) is 86.0 Å². The highest BCUT2D eigenvalue weighted by Gasteiger charge is 2.38. The lowest BCUT2D eigenvalue weighted by Crippen LogP contribution is -2.06. The average Bonchev–Trinajstić information content (AvgIpc) is 3.63. The first kappa shape index (κ1) is 44.2. The fourth-order valence-electron chi connectivity index (χ4n) is 5.18. The molecule has 19 heteroatoms. The Morgan fingerprint density at radius 1 is 0.706 bits per heavy atom. The summed E-state index contributed by atoms with van der Waals surface area (Å²) < 4.78 is 133. The number of aryl methyl sites for hydroxylation is 4. The molecule has 4 aromatic rings. The summed E-state index contributed by atoms with van der Waals surface area (Å²) in [5.41, 5.74) is 1.85. The van der Waals surface area contributed by atoms with Crippen LogP contribution in [0.2, 0.25) is 0 Å². The van der Waals surface area contributed by atoms with Crippen LogP contribution in [0.3, 0.4) is 0 Å². The van der Waals surface area contributed by atoms with Crippen LogP contribution in [0.15, 0.2) is 33.3 Å². The number of aromatic nitrogens is 2. The molecular weight excluding hydrogens is 754 g/mol. The number of aliphatic hydroxyl groups excluding tert-OH is 1. The van der Waals surface area contributed by atoms with Gasteiger partial charge < -0.3 is 14.2 Å². The third kappa shape index (κ3) is 14.5. The van der Waals surface area contributed by atoms with Gasteiger partial charge >= 0.3 is 12.4 Å². The third-order valence-corrected chi connectivity index (χ3v) is 7.81. The van der Waals surface area contributed by atoms with Gasteiger partial charge in [0.25, 0.3) is 10.1 Å². The molecule has 0 saturated heterocycles. The van der Waals surface area contributed by atoms with Crippen molar-refractivity contribution in [3.8, 4) is 0 Å². The molecule has 2 aromatic heterocycles. The molecule has 0 aliphatic carbocycles. The van der Waals surface area contributed by atoms with Gasteiger partial charge in [-0.15, -0.1) is 0 Å². The number of aliphatic hydroxyl groups is 1. The maximum absolute atomic E-state index is 13.0. The number of fused-ring (bicyclic) bond motifs is 2. The van der Waals surface area contributed by atoms with Gasteiger partial charge in [-0.25, -0.2) is 8.42 Å². The van der Waals surface area contributed by atoms with Crippen LogP contribution in [0.25, 0.3) is 21.9 Å². The van der Waals surface area contributed by atoms with E-state index >= 15 is 0 Å². The molecule has 51 heavy (non-hydrogen) atoms. The zero-order valence-corrected chi connectivity index (χ0v) is 30.8. The third-order valence-electron chi connectivity index (χ3n) is 7.21. The number of halogens is 7. The van der Waals surface area contributed by atoms with Crippen LogP contribution in [0.5, 0.6) is 0 Å². The van der Waals surface area contributed by atoms with Gasteiger partial charge in [-0.05, 0) is 74.6 Å². The molecule has 0 aliphatic rings. The molecule has 4 rings (SSSR count). The van der Waals surface area contributed by atoms with Gasteiger partial charge in [-0.1, -0.05) is 49.1 Å². The number of hydrogen-bond acceptors (Lipinski definition) is 10. The summed E-state index contributed by atoms with van der Waals surface area (Å²) in [5, 5.41) is 15.2. The molecule has 2 heterocycles. The Kier molecular flexibility index (Phi) is 16.7. The minimum Gasteiger partial charge on any atom is -0.396 e. The first-order chi connectivity index (χ1) is 23.6. The van der Waals surface area contributed by atoms with Gasteiger partial charge in [0.05, 0.1) is 29.9 Å². The van der Waals surface area contributed by atoms with Crippen LogP contribution in [0.4, 0.5) is 26.3 Å². The van der Waals surface area contributed by atoms with Crippen LogP contribution in [0, 0.1) is 0 Å². The van der Waals surface area contributed by atoms with Gasteiger partial charge in [-0.2, -0.15) is 34.8 Å². The second-order valence-corrected chi connectivity index (χ2v) is 16.3. The first-order valence-corrected chi connectivity index (χ1v) is 20.4. The Morgan fingerprint density at radius 2 is 1.10 bits per heavy atom. The van der Waals surface area contributed by atoms with E-state index < -0.39 is 42.9 Å². The number of hydrogen-bond donors (Lipinski definition) is 1. The lowest BCUT2D eigenvalue weighted by atomic mass is 9.96. The van der Waals surface area contributed by atoms with Gasteiger partial charge in [-0.3, -0.25) is 4.18 Å². The molecule has 0 amide bonds. The lowest BCUT2D eigenvalue weighted by molar-refractivity contribution is -0.142. The SMILES string of the molecule is CCCc1c(CCCCO)ccc2c(C(F)(F)F)noc12.CCCc1c(CCCCOS(C)(=O)=O)ccc2c(C(F)(F)F)noc12.CS(=O)(=O)Cl. The van der Waals surface area contributed by atoms with E-state index in [9.17, 15) is 43.2 Å². The van der Waals surface area contributed by atoms with Crippen molar-refractivity contribution in [1.29, 1.82) is 0 Å². The largest absolute Gasteiger partial charge is 0.437 e. The zero-order valence-electron chi connectivity index (χ0n) is 28.5. The highest BCUT2D eigenvalue weighted by molar-refractivity contribution is 8.13. The number of nitrogens with zero attached hydrogens (tertiary/aromatic N) is 2. The van der Waals surface area contributed by atoms with E-state index in [0.717, 1.165) is 54.0 Å². The smallest absolute Gasteiger partial charge is 0.396 e. The van der Waals surface area contributed by atoms with Crippen molar-refractivity contribution in [2.24, 2.45) is 0 Å². The van der Waals surface area contributed by atoms with Crippen molar-refractivity contribution in [1.82, 2.24) is 10.3 Å². The average molecular weight is 795 g/mol. The highest BCUT2D eigenvalue weighted by atomic mass is 35.7. The highest BCUT2D eigenvalue weighted by Crippen LogP contribution is 2.38. The molecule has 0 radical (unpaired) electrons. The topological polar surface area (TPSA) is 150 Å². The Morgan fingerprint density at radius 3 is 1.43 bits per heavy atom. The monoisotopic (exact) mass is 794 g/mol. The molecular formula is C32H41ClF6N2O8S2. The minimum absolute atomic E-state index is 0.0249. The molecule has 1 N–H and O–H groups in total. The molecule has 10 nitrogen and oxygen atoms in total. The Balaban J connectivity index is 0.000000316. The molecule has 0 spiro atoms. The maximum Gasteiger partial charge on any atom is 0.437 e. The van der Waals surface area contributed by atoms with E-state index in [4.69, 9.17) is 14.2 Å². The van der Waals surface area contributed by atoms with E-state index in [1.807, 2.05) is 13.8 Å². The van der Waals surface area contributed by atoms with Gasteiger partial charge in [0, 0.05) is 28.4 Å². The van der Waals surface area contributed by atoms with Crippen molar-refractivity contribution in [3.63, 3.8) is 0 Å². The van der Waals surface area contributed by atoms with E-state index in [2.05, 4.69) is 25.2 Å². The van der Waals surface area contributed by atoms with Crippen LogP contribution < -0.4 is 0 Å². The molecule has 2 aromatic carbocycles. The fourth-order valence-corrected chi connectivity index (χ4v) is 5.60. The zero-order chi connectivity index (χ0) is 38.6. The predicted octanol–water partition coefficient (Wildman–Crippen LogP) is 8.40. The summed E-state index contributed by atoms with van der Waals surface area (Å²) >= 11 is 0. The predicted molar refractivity (Wildman–Crippen MR) is 180 cm³/mol. The number of rotatable bonds is 14. The van der Waals surface area contributed by atoms with E-state index in [0.29, 0.717) is 44.9 Å². The van der Waals surface area contributed by atoms with Crippen molar-refractivity contribution in [2.45, 2.75) is 90.4 Å². The van der Waals surface area contributed by atoms with E-state index in [-0.39, 0.29) is 35.2 Å². The van der Waals surface area contributed by atoms with E-state index in [1.165, 1.54) is 12.1 Å². The Bertz CT molecular complexity index is 1920. The first-order valence-electron chi connectivity index (χ1n) is 15.9. The second-order valence-electron chi connectivity index (χ2n) is 11.6. The summed E-state index contributed by atoms with van der Waals surface area (Å²) in [5.74, 6) is 0.